The summed E-state index contributed by atoms with van der Waals surface area (Å²) in [4.78, 5) is 25.3. The third-order valence-electron chi connectivity index (χ3n) is 4.57. The van der Waals surface area contributed by atoms with Gasteiger partial charge in [0, 0.05) is 30.0 Å². The van der Waals surface area contributed by atoms with E-state index in [9.17, 15) is 18.0 Å². The number of sulfonamides is 1. The summed E-state index contributed by atoms with van der Waals surface area (Å²) >= 11 is 0. The third-order valence-corrected chi connectivity index (χ3v) is 5.95. The van der Waals surface area contributed by atoms with Crippen LogP contribution in [0.25, 0.3) is 0 Å². The number of benzene rings is 2. The van der Waals surface area contributed by atoms with Gasteiger partial charge in [-0.15, -0.1) is 0 Å². The maximum Gasteiger partial charge on any atom is 0.321 e. The van der Waals surface area contributed by atoms with Crippen LogP contribution in [0.1, 0.15) is 36.2 Å². The third kappa shape index (κ3) is 4.17. The maximum absolute atomic E-state index is 12.7. The van der Waals surface area contributed by atoms with Crippen molar-refractivity contribution in [3.05, 3.63) is 53.6 Å². The van der Waals surface area contributed by atoms with E-state index < -0.39 is 10.0 Å². The van der Waals surface area contributed by atoms with Crippen LogP contribution in [0.3, 0.4) is 0 Å². The van der Waals surface area contributed by atoms with Crippen LogP contribution in [0.15, 0.2) is 47.4 Å². The quantitative estimate of drug-likeness (QED) is 0.727. The number of hydrogen-bond donors (Lipinski definition) is 2. The Bertz CT molecular complexity index is 1000. The number of anilines is 2. The molecule has 2 aromatic rings. The molecule has 0 bridgehead atoms. The number of carbonyl (C=O) groups excluding carboxylic acids is 2. The van der Waals surface area contributed by atoms with E-state index in [0.717, 1.165) is 17.7 Å². The standard InChI is InChI=1S/C20H23N3O4S/c1-3-11-21-20(25)23-12-10-16-13-18(8-9-19(16)23)28(26,27)22-17-6-4-15(5-7-17)14(2)24/h4-9,13,22H,3,10-12H2,1-2H3,(H,21,25). The van der Waals surface area contributed by atoms with Crippen molar-refractivity contribution >= 4 is 33.2 Å². The van der Waals surface area contributed by atoms with Crippen molar-refractivity contribution in [2.75, 3.05) is 22.7 Å². The van der Waals surface area contributed by atoms with Crippen molar-refractivity contribution in [1.29, 1.82) is 0 Å². The molecule has 2 amide bonds. The fourth-order valence-electron chi connectivity index (χ4n) is 3.07. The van der Waals surface area contributed by atoms with E-state index in [1.165, 1.54) is 13.0 Å². The number of urea groups is 1. The molecular weight excluding hydrogens is 378 g/mol. The molecular formula is C20H23N3O4S. The first-order chi connectivity index (χ1) is 13.3. The summed E-state index contributed by atoms with van der Waals surface area (Å²) in [5.74, 6) is -0.0828. The SMILES string of the molecule is CCCNC(=O)N1CCc2cc(S(=O)(=O)Nc3ccc(C(C)=O)cc3)ccc21. The minimum absolute atomic E-state index is 0.0828. The van der Waals surface area contributed by atoms with Gasteiger partial charge in [-0.3, -0.25) is 14.4 Å². The summed E-state index contributed by atoms with van der Waals surface area (Å²) in [6, 6.07) is 10.9. The van der Waals surface area contributed by atoms with Crippen LogP contribution < -0.4 is 14.9 Å². The summed E-state index contributed by atoms with van der Waals surface area (Å²) in [6.07, 6.45) is 1.45. The van der Waals surface area contributed by atoms with Gasteiger partial charge in [0.05, 0.1) is 4.90 Å². The van der Waals surface area contributed by atoms with Crippen molar-refractivity contribution in [3.8, 4) is 0 Å². The Labute approximate surface area is 164 Å². The monoisotopic (exact) mass is 401 g/mol. The summed E-state index contributed by atoms with van der Waals surface area (Å²) in [5.41, 5.74) is 2.45. The zero-order valence-corrected chi connectivity index (χ0v) is 16.7. The normalized spacial score (nSPS) is 13.1. The van der Waals surface area contributed by atoms with E-state index in [1.807, 2.05) is 6.92 Å². The van der Waals surface area contributed by atoms with Gasteiger partial charge in [0.1, 0.15) is 0 Å². The highest BCUT2D eigenvalue weighted by molar-refractivity contribution is 7.92. The number of rotatable bonds is 6. The van der Waals surface area contributed by atoms with Crippen molar-refractivity contribution in [1.82, 2.24) is 5.32 Å². The topological polar surface area (TPSA) is 95.6 Å². The molecule has 0 radical (unpaired) electrons. The molecule has 0 unspecified atom stereocenters. The average molecular weight is 401 g/mol. The van der Waals surface area contributed by atoms with E-state index in [0.29, 0.717) is 30.8 Å². The van der Waals surface area contributed by atoms with E-state index >= 15 is 0 Å². The second-order valence-electron chi connectivity index (χ2n) is 6.66. The van der Waals surface area contributed by atoms with Crippen LogP contribution in [-0.4, -0.2) is 33.3 Å². The number of nitrogens with zero attached hydrogens (tertiary/aromatic N) is 1. The smallest absolute Gasteiger partial charge is 0.321 e. The van der Waals surface area contributed by atoms with Crippen LogP contribution in [0, 0.1) is 0 Å². The lowest BCUT2D eigenvalue weighted by molar-refractivity contribution is 0.101. The van der Waals surface area contributed by atoms with Gasteiger partial charge in [0.15, 0.2) is 5.78 Å². The lowest BCUT2D eigenvalue weighted by Crippen LogP contribution is -2.39. The number of nitrogens with one attached hydrogen (secondary N) is 2. The van der Waals surface area contributed by atoms with E-state index in [-0.39, 0.29) is 16.7 Å². The maximum atomic E-state index is 12.7. The first kappa shape index (κ1) is 19.9. The predicted octanol–water partition coefficient (Wildman–Crippen LogP) is 3.17. The lowest BCUT2D eigenvalue weighted by atomic mass is 10.1. The Morgan fingerprint density at radius 1 is 1.11 bits per heavy atom. The van der Waals surface area contributed by atoms with Gasteiger partial charge in [-0.2, -0.15) is 0 Å². The highest BCUT2D eigenvalue weighted by Gasteiger charge is 2.26. The zero-order chi connectivity index (χ0) is 20.3. The second-order valence-corrected chi connectivity index (χ2v) is 8.35. The van der Waals surface area contributed by atoms with Crippen LogP contribution in [0.2, 0.25) is 0 Å². The molecule has 2 aromatic carbocycles. The summed E-state index contributed by atoms with van der Waals surface area (Å²) in [5, 5.41) is 2.84. The molecule has 28 heavy (non-hydrogen) atoms. The molecule has 8 heteroatoms. The molecule has 0 saturated carbocycles. The minimum atomic E-state index is -3.77. The molecule has 1 aliphatic rings. The van der Waals surface area contributed by atoms with E-state index in [2.05, 4.69) is 10.0 Å². The van der Waals surface area contributed by atoms with Gasteiger partial charge >= 0.3 is 6.03 Å². The molecule has 0 atom stereocenters. The van der Waals surface area contributed by atoms with Crippen LogP contribution in [-0.2, 0) is 16.4 Å². The fraction of sp³-hybridized carbons (Fsp3) is 0.300. The Balaban J connectivity index is 1.78. The minimum Gasteiger partial charge on any atom is -0.338 e. The highest BCUT2D eigenvalue weighted by atomic mass is 32.2. The summed E-state index contributed by atoms with van der Waals surface area (Å²) in [7, 11) is -3.77. The predicted molar refractivity (Wildman–Crippen MR) is 108 cm³/mol. The van der Waals surface area contributed by atoms with Gasteiger partial charge in [-0.05, 0) is 67.8 Å². The number of fused-ring (bicyclic) bond motifs is 1. The van der Waals surface area contributed by atoms with Crippen LogP contribution in [0.4, 0.5) is 16.2 Å². The van der Waals surface area contributed by atoms with Crippen LogP contribution in [0.5, 0.6) is 0 Å². The first-order valence-corrected chi connectivity index (χ1v) is 10.6. The lowest BCUT2D eigenvalue weighted by Gasteiger charge is -2.18. The van der Waals surface area contributed by atoms with Gasteiger partial charge < -0.3 is 5.32 Å². The summed E-state index contributed by atoms with van der Waals surface area (Å²) in [6.45, 7) is 4.56. The molecule has 1 heterocycles. The Kier molecular flexibility index (Phi) is 5.69. The van der Waals surface area contributed by atoms with Crippen molar-refractivity contribution in [2.45, 2.75) is 31.6 Å². The Morgan fingerprint density at radius 2 is 1.82 bits per heavy atom. The van der Waals surface area contributed by atoms with E-state index in [4.69, 9.17) is 0 Å². The molecule has 148 valence electrons. The second kappa shape index (κ2) is 8.02. The van der Waals surface area contributed by atoms with Crippen molar-refractivity contribution in [2.24, 2.45) is 0 Å². The van der Waals surface area contributed by atoms with Crippen LogP contribution >= 0.6 is 0 Å². The summed E-state index contributed by atoms with van der Waals surface area (Å²) < 4.78 is 27.9. The largest absolute Gasteiger partial charge is 0.338 e. The van der Waals surface area contributed by atoms with Gasteiger partial charge in [-0.1, -0.05) is 6.92 Å². The number of hydrogen-bond acceptors (Lipinski definition) is 4. The molecule has 3 rings (SSSR count). The molecule has 0 aliphatic carbocycles. The Hall–Kier alpha value is -2.87. The molecule has 0 fully saturated rings. The Morgan fingerprint density at radius 3 is 2.46 bits per heavy atom. The highest BCUT2D eigenvalue weighted by Crippen LogP contribution is 2.30. The van der Waals surface area contributed by atoms with E-state index in [1.54, 1.807) is 41.3 Å². The molecule has 0 spiro atoms. The number of amides is 2. The fourth-order valence-corrected chi connectivity index (χ4v) is 4.18. The van der Waals surface area contributed by atoms with Gasteiger partial charge in [0.25, 0.3) is 10.0 Å². The van der Waals surface area contributed by atoms with Gasteiger partial charge in [0.2, 0.25) is 0 Å². The molecule has 0 saturated heterocycles. The van der Waals surface area contributed by atoms with Gasteiger partial charge in [-0.25, -0.2) is 13.2 Å². The molecule has 0 aromatic heterocycles. The number of Topliss-reactive ketones (excluding diaryl/α,β-unsaturated/α-hetero) is 1. The number of carbonyl (C=O) groups is 2. The molecule has 7 nitrogen and oxygen atoms in total. The zero-order valence-electron chi connectivity index (χ0n) is 15.9. The number of ketones is 1. The van der Waals surface area contributed by atoms with Crippen molar-refractivity contribution < 1.29 is 18.0 Å². The molecule has 2 N–H and O–H groups in total. The first-order valence-electron chi connectivity index (χ1n) is 9.14. The average Bonchev–Trinajstić information content (AvgIpc) is 3.09. The molecule has 1 aliphatic heterocycles. The van der Waals surface area contributed by atoms with Crippen molar-refractivity contribution in [3.63, 3.8) is 0 Å².